The average Bonchev–Trinajstić information content (AvgIpc) is 2.99. The molecule has 0 aliphatic carbocycles. The zero-order valence-corrected chi connectivity index (χ0v) is 13.4. The molecule has 23 heavy (non-hydrogen) atoms. The topological polar surface area (TPSA) is 61.4 Å². The number of ether oxygens (including phenoxy) is 1. The van der Waals surface area contributed by atoms with Crippen molar-refractivity contribution in [3.8, 4) is 0 Å². The third-order valence-corrected chi connectivity index (χ3v) is 3.88. The van der Waals surface area contributed by atoms with Crippen LogP contribution in [0.2, 0.25) is 5.02 Å². The summed E-state index contributed by atoms with van der Waals surface area (Å²) < 4.78 is 12.1. The van der Waals surface area contributed by atoms with Gasteiger partial charge >= 0.3 is 5.97 Å². The van der Waals surface area contributed by atoms with Gasteiger partial charge in [-0.25, -0.2) is 4.79 Å². The molecule has 2 heterocycles. The Morgan fingerprint density at radius 3 is 2.78 bits per heavy atom. The van der Waals surface area contributed by atoms with E-state index in [-0.39, 0.29) is 11.2 Å². The third kappa shape index (κ3) is 2.87. The lowest BCUT2D eigenvalue weighted by Gasteiger charge is -2.13. The molecular weight excluding hydrogens is 318 g/mol. The number of carbonyl (C=O) groups excluding carboxylic acids is 1. The number of hydrogen-bond acceptors (Lipinski definition) is 4. The normalized spacial score (nSPS) is 10.9. The molecule has 118 valence electrons. The van der Waals surface area contributed by atoms with Crippen LogP contribution < -0.4 is 5.43 Å². The summed E-state index contributed by atoms with van der Waals surface area (Å²) in [6.07, 6.45) is 0. The minimum atomic E-state index is -0.524. The molecule has 5 nitrogen and oxygen atoms in total. The van der Waals surface area contributed by atoms with Crippen molar-refractivity contribution in [2.45, 2.75) is 13.5 Å². The van der Waals surface area contributed by atoms with E-state index in [4.69, 9.17) is 16.0 Å². The van der Waals surface area contributed by atoms with Crippen LogP contribution >= 0.6 is 11.6 Å². The highest BCUT2D eigenvalue weighted by Crippen LogP contribution is 2.20. The summed E-state index contributed by atoms with van der Waals surface area (Å²) in [5.74, 6) is 0.214. The highest BCUT2D eigenvalue weighted by Gasteiger charge is 2.13. The lowest BCUT2D eigenvalue weighted by Crippen LogP contribution is -2.12. The van der Waals surface area contributed by atoms with Crippen LogP contribution in [0, 0.1) is 6.92 Å². The largest absolute Gasteiger partial charge is 0.463 e. The number of methoxy groups -OCH3 is 1. The van der Waals surface area contributed by atoms with E-state index >= 15 is 0 Å². The number of benzene rings is 1. The number of esters is 1. The molecular formula is C17H14ClNO4. The van der Waals surface area contributed by atoms with Crippen LogP contribution in [0.25, 0.3) is 10.9 Å². The van der Waals surface area contributed by atoms with Crippen molar-refractivity contribution >= 4 is 28.5 Å². The Hall–Kier alpha value is -2.53. The van der Waals surface area contributed by atoms with E-state index in [1.54, 1.807) is 36.4 Å². The van der Waals surface area contributed by atoms with E-state index in [0.717, 1.165) is 11.2 Å². The number of halogens is 1. The van der Waals surface area contributed by atoms with Crippen LogP contribution in [-0.4, -0.2) is 17.6 Å². The molecule has 0 saturated heterocycles. The Morgan fingerprint density at radius 2 is 2.04 bits per heavy atom. The fourth-order valence-corrected chi connectivity index (χ4v) is 2.69. The Morgan fingerprint density at radius 1 is 1.26 bits per heavy atom. The smallest absolute Gasteiger partial charge is 0.373 e. The molecule has 0 unspecified atom stereocenters. The quantitative estimate of drug-likeness (QED) is 0.690. The van der Waals surface area contributed by atoms with Crippen molar-refractivity contribution in [1.29, 1.82) is 0 Å². The Bertz CT molecular complexity index is 955. The number of hydrogen-bond donors (Lipinski definition) is 0. The molecule has 0 atom stereocenters. The van der Waals surface area contributed by atoms with Crippen LogP contribution in [0.15, 0.2) is 45.6 Å². The molecule has 0 saturated carbocycles. The van der Waals surface area contributed by atoms with Crippen molar-refractivity contribution in [1.82, 2.24) is 4.57 Å². The monoisotopic (exact) mass is 331 g/mol. The number of pyridine rings is 1. The zero-order chi connectivity index (χ0) is 16.6. The van der Waals surface area contributed by atoms with Crippen molar-refractivity contribution in [3.05, 3.63) is 68.9 Å². The summed E-state index contributed by atoms with van der Waals surface area (Å²) in [5, 5.41) is 1.05. The molecule has 3 rings (SSSR count). The molecule has 0 aliphatic heterocycles. The summed E-state index contributed by atoms with van der Waals surface area (Å²) in [6.45, 7) is 2.24. The molecule has 3 aromatic rings. The molecule has 0 spiro atoms. The summed E-state index contributed by atoms with van der Waals surface area (Å²) in [5.41, 5.74) is 1.47. The molecule has 0 radical (unpaired) electrons. The highest BCUT2D eigenvalue weighted by atomic mass is 35.5. The first-order valence-electron chi connectivity index (χ1n) is 6.96. The number of furan rings is 1. The summed E-state index contributed by atoms with van der Waals surface area (Å²) in [4.78, 5) is 23.6. The van der Waals surface area contributed by atoms with Gasteiger partial charge in [0.15, 0.2) is 5.43 Å². The van der Waals surface area contributed by atoms with Crippen molar-refractivity contribution in [2.24, 2.45) is 0 Å². The molecule has 0 N–H and O–H groups in total. The predicted molar refractivity (Wildman–Crippen MR) is 87.1 cm³/mol. The van der Waals surface area contributed by atoms with Gasteiger partial charge in [0.05, 0.1) is 19.2 Å². The van der Waals surface area contributed by atoms with E-state index in [1.165, 1.54) is 7.11 Å². The van der Waals surface area contributed by atoms with Crippen molar-refractivity contribution in [2.75, 3.05) is 7.11 Å². The van der Waals surface area contributed by atoms with E-state index in [2.05, 4.69) is 4.74 Å². The van der Waals surface area contributed by atoms with Gasteiger partial charge in [0.25, 0.3) is 0 Å². The fourth-order valence-electron chi connectivity index (χ4n) is 2.52. The summed E-state index contributed by atoms with van der Waals surface area (Å²) in [7, 11) is 1.30. The molecule has 1 aromatic carbocycles. The maximum absolute atomic E-state index is 12.1. The number of nitrogens with zero attached hydrogens (tertiary/aromatic N) is 1. The Balaban J connectivity index is 2.08. The molecule has 2 aromatic heterocycles. The number of rotatable bonds is 3. The fraction of sp³-hybridized carbons (Fsp3) is 0.176. The van der Waals surface area contributed by atoms with Gasteiger partial charge in [-0.3, -0.25) is 4.79 Å². The minimum Gasteiger partial charge on any atom is -0.463 e. The zero-order valence-electron chi connectivity index (χ0n) is 12.6. The average molecular weight is 332 g/mol. The molecule has 0 bridgehead atoms. The predicted octanol–water partition coefficient (Wildman–Crippen LogP) is 3.39. The standard InChI is InChI=1S/C17H14ClNO4/c1-10-7-15(20)13-8-11(18)3-5-14(13)19(10)9-12-4-6-16(23-12)17(21)22-2/h3-8H,9H2,1-2H3. The van der Waals surface area contributed by atoms with Gasteiger partial charge in [0.2, 0.25) is 5.76 Å². The molecule has 6 heteroatoms. The van der Waals surface area contributed by atoms with Crippen LogP contribution in [0.4, 0.5) is 0 Å². The number of carbonyl (C=O) groups is 1. The number of aryl methyl sites for hydroxylation is 1. The van der Waals surface area contributed by atoms with Gasteiger partial charge in [-0.05, 0) is 37.3 Å². The highest BCUT2D eigenvalue weighted by molar-refractivity contribution is 6.31. The first-order chi connectivity index (χ1) is 11.0. The summed E-state index contributed by atoms with van der Waals surface area (Å²) in [6, 6.07) is 10.0. The minimum absolute atomic E-state index is 0.0778. The van der Waals surface area contributed by atoms with Crippen LogP contribution in [0.1, 0.15) is 22.0 Å². The maximum atomic E-state index is 12.1. The van der Waals surface area contributed by atoms with Gasteiger partial charge in [-0.1, -0.05) is 11.6 Å². The first-order valence-corrected chi connectivity index (χ1v) is 7.34. The lowest BCUT2D eigenvalue weighted by atomic mass is 10.1. The van der Waals surface area contributed by atoms with Crippen LogP contribution in [0.3, 0.4) is 0 Å². The van der Waals surface area contributed by atoms with Gasteiger partial charge in [-0.15, -0.1) is 0 Å². The summed E-state index contributed by atoms with van der Waals surface area (Å²) >= 11 is 5.98. The maximum Gasteiger partial charge on any atom is 0.373 e. The second kappa shape index (κ2) is 5.93. The van der Waals surface area contributed by atoms with Crippen molar-refractivity contribution in [3.63, 3.8) is 0 Å². The first kappa shape index (κ1) is 15.4. The SMILES string of the molecule is COC(=O)c1ccc(Cn2c(C)cc(=O)c3cc(Cl)ccc32)o1. The number of aromatic nitrogens is 1. The second-order valence-electron chi connectivity index (χ2n) is 5.16. The third-order valence-electron chi connectivity index (χ3n) is 3.64. The van der Waals surface area contributed by atoms with Gasteiger partial charge in [0.1, 0.15) is 5.76 Å². The number of fused-ring (bicyclic) bond motifs is 1. The molecule has 0 aliphatic rings. The lowest BCUT2D eigenvalue weighted by molar-refractivity contribution is 0.0563. The van der Waals surface area contributed by atoms with E-state index in [1.807, 2.05) is 11.5 Å². The van der Waals surface area contributed by atoms with E-state index in [0.29, 0.717) is 22.7 Å². The molecule has 0 amide bonds. The van der Waals surface area contributed by atoms with Crippen LogP contribution in [-0.2, 0) is 11.3 Å². The van der Waals surface area contributed by atoms with Gasteiger partial charge in [-0.2, -0.15) is 0 Å². The molecule has 0 fully saturated rings. The van der Waals surface area contributed by atoms with Gasteiger partial charge in [0, 0.05) is 22.2 Å². The Labute approximate surface area is 137 Å². The second-order valence-corrected chi connectivity index (χ2v) is 5.59. The Kier molecular flexibility index (Phi) is 3.96. The van der Waals surface area contributed by atoms with E-state index < -0.39 is 5.97 Å². The van der Waals surface area contributed by atoms with E-state index in [9.17, 15) is 9.59 Å². The van der Waals surface area contributed by atoms with Crippen molar-refractivity contribution < 1.29 is 13.9 Å². The van der Waals surface area contributed by atoms with Gasteiger partial charge < -0.3 is 13.7 Å². The van der Waals surface area contributed by atoms with Crippen LogP contribution in [0.5, 0.6) is 0 Å².